The van der Waals surface area contributed by atoms with E-state index in [1.54, 1.807) is 11.3 Å². The molecule has 0 amide bonds. The van der Waals surface area contributed by atoms with Gasteiger partial charge < -0.3 is 0 Å². The second-order valence-corrected chi connectivity index (χ2v) is 3.88. The molecule has 1 rings (SSSR count). The van der Waals surface area contributed by atoms with Gasteiger partial charge in [0.25, 0.3) is 0 Å². The molecule has 11 heavy (non-hydrogen) atoms. The van der Waals surface area contributed by atoms with E-state index in [2.05, 4.69) is 49.2 Å². The first kappa shape index (κ1) is 8.88. The highest BCUT2D eigenvalue weighted by molar-refractivity contribution is 7.80. The van der Waals surface area contributed by atoms with Crippen molar-refractivity contribution in [1.29, 1.82) is 0 Å². The quantitative estimate of drug-likeness (QED) is 0.684. The van der Waals surface area contributed by atoms with Crippen LogP contribution in [0.4, 0.5) is 0 Å². The molecule has 0 aliphatic heterocycles. The van der Waals surface area contributed by atoms with Crippen LogP contribution in [0.2, 0.25) is 0 Å². The van der Waals surface area contributed by atoms with E-state index in [0.29, 0.717) is 5.92 Å². The lowest BCUT2D eigenvalue weighted by Crippen LogP contribution is -1.88. The van der Waals surface area contributed by atoms with Crippen molar-refractivity contribution in [2.24, 2.45) is 5.92 Å². The molecule has 0 radical (unpaired) electrons. The van der Waals surface area contributed by atoms with Crippen LogP contribution in [0.3, 0.4) is 0 Å². The Morgan fingerprint density at radius 3 is 3.09 bits per heavy atom. The van der Waals surface area contributed by atoms with E-state index in [0.717, 1.165) is 5.75 Å². The van der Waals surface area contributed by atoms with Gasteiger partial charge in [0.05, 0.1) is 0 Å². The molecule has 0 saturated carbocycles. The van der Waals surface area contributed by atoms with Crippen LogP contribution in [0.5, 0.6) is 0 Å². The number of allylic oxidation sites excluding steroid dienone is 1. The van der Waals surface area contributed by atoms with Crippen molar-refractivity contribution in [1.82, 2.24) is 0 Å². The molecule has 0 saturated heterocycles. The second-order valence-electron chi connectivity index (χ2n) is 2.53. The Hall–Kier alpha value is -0.210. The Labute approximate surface area is 77.4 Å². The molecule has 0 N–H and O–H groups in total. The van der Waals surface area contributed by atoms with E-state index in [1.165, 1.54) is 4.88 Å². The summed E-state index contributed by atoms with van der Waals surface area (Å²) in [6.07, 6.45) is 4.35. The minimum absolute atomic E-state index is 0.570. The van der Waals surface area contributed by atoms with Crippen LogP contribution in [0, 0.1) is 5.92 Å². The number of thiophene rings is 1. The predicted molar refractivity (Wildman–Crippen MR) is 56.4 cm³/mol. The zero-order valence-electron chi connectivity index (χ0n) is 6.53. The van der Waals surface area contributed by atoms with Crippen molar-refractivity contribution < 1.29 is 0 Å². The van der Waals surface area contributed by atoms with Gasteiger partial charge in [-0.05, 0) is 29.2 Å². The summed E-state index contributed by atoms with van der Waals surface area (Å²) in [6, 6.07) is 4.18. The normalized spacial score (nSPS) is 14.0. The number of rotatable bonds is 3. The van der Waals surface area contributed by atoms with Gasteiger partial charge in [0.1, 0.15) is 0 Å². The first-order valence-corrected chi connectivity index (χ1v) is 5.16. The van der Waals surface area contributed by atoms with E-state index < -0.39 is 0 Å². The first-order chi connectivity index (χ1) is 5.33. The molecule has 0 bridgehead atoms. The predicted octanol–water partition coefficient (Wildman–Crippen LogP) is 3.33. The fourth-order valence-corrected chi connectivity index (χ4v) is 1.46. The highest BCUT2D eigenvalue weighted by Gasteiger charge is 1.91. The summed E-state index contributed by atoms with van der Waals surface area (Å²) in [7, 11) is 0. The highest BCUT2D eigenvalue weighted by Crippen LogP contribution is 2.12. The van der Waals surface area contributed by atoms with Gasteiger partial charge in [-0.15, -0.1) is 11.3 Å². The van der Waals surface area contributed by atoms with Crippen LogP contribution < -0.4 is 0 Å². The smallest absolute Gasteiger partial charge is 0.0267 e. The second kappa shape index (κ2) is 4.62. The Balaban J connectivity index is 2.48. The van der Waals surface area contributed by atoms with Crippen molar-refractivity contribution >= 4 is 30.0 Å². The van der Waals surface area contributed by atoms with Crippen molar-refractivity contribution in [2.75, 3.05) is 5.75 Å². The molecule has 0 aromatic carbocycles. The van der Waals surface area contributed by atoms with Crippen molar-refractivity contribution in [3.8, 4) is 0 Å². The molecule has 0 spiro atoms. The minimum atomic E-state index is 0.570. The van der Waals surface area contributed by atoms with Crippen molar-refractivity contribution in [2.45, 2.75) is 6.92 Å². The summed E-state index contributed by atoms with van der Waals surface area (Å²) in [6.45, 7) is 2.16. The van der Waals surface area contributed by atoms with E-state index in [-0.39, 0.29) is 0 Å². The summed E-state index contributed by atoms with van der Waals surface area (Å²) in [5.74, 6) is 1.49. The van der Waals surface area contributed by atoms with Crippen molar-refractivity contribution in [3.05, 3.63) is 28.5 Å². The van der Waals surface area contributed by atoms with Gasteiger partial charge in [-0.25, -0.2) is 0 Å². The molecule has 1 aromatic heterocycles. The van der Waals surface area contributed by atoms with Crippen LogP contribution in [0.15, 0.2) is 23.6 Å². The van der Waals surface area contributed by atoms with Crippen LogP contribution in [-0.4, -0.2) is 5.75 Å². The molecule has 0 aliphatic rings. The summed E-state index contributed by atoms with van der Waals surface area (Å²) < 4.78 is 0. The van der Waals surface area contributed by atoms with Crippen LogP contribution in [0.25, 0.3) is 6.08 Å². The third-order valence-electron chi connectivity index (χ3n) is 1.42. The zero-order valence-corrected chi connectivity index (χ0v) is 8.24. The Kier molecular flexibility index (Phi) is 3.73. The fraction of sp³-hybridized carbons (Fsp3) is 0.333. The van der Waals surface area contributed by atoms with E-state index >= 15 is 0 Å². The molecule has 0 aliphatic carbocycles. The highest BCUT2D eigenvalue weighted by atomic mass is 32.1. The summed E-state index contributed by atoms with van der Waals surface area (Å²) in [5, 5.41) is 2.09. The molecule has 1 heterocycles. The number of hydrogen-bond donors (Lipinski definition) is 1. The maximum absolute atomic E-state index is 4.20. The average molecular weight is 184 g/mol. The molecule has 60 valence electrons. The lowest BCUT2D eigenvalue weighted by atomic mass is 10.2. The zero-order chi connectivity index (χ0) is 8.10. The molecule has 0 fully saturated rings. The largest absolute Gasteiger partial charge is 0.179 e. The number of hydrogen-bond acceptors (Lipinski definition) is 2. The maximum Gasteiger partial charge on any atom is 0.0267 e. The van der Waals surface area contributed by atoms with Gasteiger partial charge in [-0.1, -0.05) is 19.1 Å². The number of thiol groups is 1. The molecule has 1 aromatic rings. The fourth-order valence-electron chi connectivity index (χ4n) is 0.706. The maximum atomic E-state index is 4.20. The Morgan fingerprint density at radius 1 is 1.73 bits per heavy atom. The van der Waals surface area contributed by atoms with Gasteiger partial charge in [-0.3, -0.25) is 0 Å². The van der Waals surface area contributed by atoms with Crippen LogP contribution >= 0.6 is 24.0 Å². The van der Waals surface area contributed by atoms with Crippen LogP contribution in [0.1, 0.15) is 11.8 Å². The monoisotopic (exact) mass is 184 g/mol. The summed E-state index contributed by atoms with van der Waals surface area (Å²) in [4.78, 5) is 1.32. The lowest BCUT2D eigenvalue weighted by Gasteiger charge is -1.96. The van der Waals surface area contributed by atoms with Gasteiger partial charge >= 0.3 is 0 Å². The molecule has 1 atom stereocenters. The van der Waals surface area contributed by atoms with Gasteiger partial charge in [0, 0.05) is 4.88 Å². The molecular weight excluding hydrogens is 172 g/mol. The Morgan fingerprint density at radius 2 is 2.55 bits per heavy atom. The van der Waals surface area contributed by atoms with Gasteiger partial charge in [0.2, 0.25) is 0 Å². The average Bonchev–Trinajstić information content (AvgIpc) is 2.52. The molecule has 2 heteroatoms. The first-order valence-electron chi connectivity index (χ1n) is 3.65. The van der Waals surface area contributed by atoms with Crippen molar-refractivity contribution in [3.63, 3.8) is 0 Å². The molecular formula is C9H12S2. The molecule has 1 unspecified atom stereocenters. The van der Waals surface area contributed by atoms with E-state index in [4.69, 9.17) is 0 Å². The van der Waals surface area contributed by atoms with E-state index in [1.807, 2.05) is 0 Å². The Bertz CT molecular complexity index is 211. The third-order valence-corrected chi connectivity index (χ3v) is 2.83. The third kappa shape index (κ3) is 3.12. The standard InChI is InChI=1S/C9H12S2/c1-8(7-10)4-5-9-3-2-6-11-9/h2-6,8,10H,7H2,1H3/b5-4+. The topological polar surface area (TPSA) is 0 Å². The summed E-state index contributed by atoms with van der Waals surface area (Å²) in [5.41, 5.74) is 0. The lowest BCUT2D eigenvalue weighted by molar-refractivity contribution is 0.855. The SMILES string of the molecule is CC(/C=C/c1cccs1)CS. The van der Waals surface area contributed by atoms with E-state index in [9.17, 15) is 0 Å². The van der Waals surface area contributed by atoms with Crippen LogP contribution in [-0.2, 0) is 0 Å². The summed E-state index contributed by atoms with van der Waals surface area (Å²) >= 11 is 5.96. The molecule has 0 nitrogen and oxygen atoms in total. The minimum Gasteiger partial charge on any atom is -0.179 e. The van der Waals surface area contributed by atoms with Gasteiger partial charge in [0.15, 0.2) is 0 Å². The van der Waals surface area contributed by atoms with Gasteiger partial charge in [-0.2, -0.15) is 12.6 Å².